The first kappa shape index (κ1) is 13.4. The lowest BCUT2D eigenvalue weighted by Crippen LogP contribution is -1.83. The first-order chi connectivity index (χ1) is 9.83. The second kappa shape index (κ2) is 6.24. The van der Waals surface area contributed by atoms with Crippen LogP contribution in [0.1, 0.15) is 5.89 Å². The van der Waals surface area contributed by atoms with Crippen molar-refractivity contribution in [3.05, 3.63) is 65.0 Å². The highest BCUT2D eigenvalue weighted by Gasteiger charge is 2.09. The molecular weight excluding hydrogens is 336 g/mol. The molecule has 1 aromatic heterocycles. The normalized spacial score (nSPS) is 10.7. The Morgan fingerprint density at radius 2 is 1.75 bits per heavy atom. The van der Waals surface area contributed by atoms with Crippen LogP contribution in [0.2, 0.25) is 0 Å². The van der Waals surface area contributed by atoms with E-state index in [1.54, 1.807) is 11.8 Å². The summed E-state index contributed by atoms with van der Waals surface area (Å²) in [6.45, 7) is 0. The number of nitrogens with zero attached hydrogens (tertiary/aromatic N) is 2. The van der Waals surface area contributed by atoms with E-state index in [2.05, 4.69) is 32.1 Å². The zero-order valence-corrected chi connectivity index (χ0v) is 12.9. The van der Waals surface area contributed by atoms with Crippen molar-refractivity contribution >= 4 is 27.7 Å². The van der Waals surface area contributed by atoms with Gasteiger partial charge < -0.3 is 4.52 Å². The van der Waals surface area contributed by atoms with Crippen molar-refractivity contribution in [1.29, 1.82) is 0 Å². The average Bonchev–Trinajstić information content (AvgIpc) is 2.96. The van der Waals surface area contributed by atoms with Crippen LogP contribution < -0.4 is 0 Å². The molecule has 0 aliphatic heterocycles. The van der Waals surface area contributed by atoms with E-state index in [9.17, 15) is 0 Å². The predicted octanol–water partition coefficient (Wildman–Crippen LogP) is 4.79. The number of hydrogen-bond acceptors (Lipinski definition) is 4. The van der Waals surface area contributed by atoms with Crippen molar-refractivity contribution in [2.24, 2.45) is 0 Å². The number of hydrogen-bond donors (Lipinski definition) is 0. The molecule has 3 aromatic rings. The third-order valence-electron chi connectivity index (χ3n) is 2.69. The van der Waals surface area contributed by atoms with Gasteiger partial charge in [-0.2, -0.15) is 4.98 Å². The molecule has 3 rings (SSSR count). The van der Waals surface area contributed by atoms with E-state index in [1.807, 2.05) is 48.5 Å². The number of aromatic nitrogens is 2. The van der Waals surface area contributed by atoms with Crippen LogP contribution in [0.3, 0.4) is 0 Å². The van der Waals surface area contributed by atoms with E-state index < -0.39 is 0 Å². The minimum Gasteiger partial charge on any atom is -0.338 e. The highest BCUT2D eigenvalue weighted by Crippen LogP contribution is 2.29. The van der Waals surface area contributed by atoms with Crippen molar-refractivity contribution in [1.82, 2.24) is 10.1 Å². The van der Waals surface area contributed by atoms with E-state index in [0.717, 1.165) is 14.9 Å². The summed E-state index contributed by atoms with van der Waals surface area (Å²) in [7, 11) is 0. The summed E-state index contributed by atoms with van der Waals surface area (Å²) in [4.78, 5) is 5.57. The van der Waals surface area contributed by atoms with Gasteiger partial charge in [-0.15, -0.1) is 11.8 Å². The van der Waals surface area contributed by atoms with Gasteiger partial charge in [-0.3, -0.25) is 0 Å². The Morgan fingerprint density at radius 3 is 2.55 bits per heavy atom. The van der Waals surface area contributed by atoms with Gasteiger partial charge in [0.1, 0.15) is 0 Å². The predicted molar refractivity (Wildman–Crippen MR) is 83.4 cm³/mol. The molecule has 3 nitrogen and oxygen atoms in total. The van der Waals surface area contributed by atoms with Gasteiger partial charge in [0.25, 0.3) is 0 Å². The van der Waals surface area contributed by atoms with Gasteiger partial charge in [0, 0.05) is 14.9 Å². The lowest BCUT2D eigenvalue weighted by molar-refractivity contribution is 0.391. The summed E-state index contributed by atoms with van der Waals surface area (Å²) >= 11 is 5.19. The summed E-state index contributed by atoms with van der Waals surface area (Å²) in [5.74, 6) is 1.92. The molecule has 0 unspecified atom stereocenters. The van der Waals surface area contributed by atoms with Crippen molar-refractivity contribution < 1.29 is 4.52 Å². The molecule has 0 bridgehead atoms. The van der Waals surface area contributed by atoms with E-state index >= 15 is 0 Å². The van der Waals surface area contributed by atoms with Crippen molar-refractivity contribution in [3.63, 3.8) is 0 Å². The maximum atomic E-state index is 5.28. The molecule has 20 heavy (non-hydrogen) atoms. The molecule has 0 radical (unpaired) electrons. The summed E-state index contributed by atoms with van der Waals surface area (Å²) in [5, 5.41) is 4.01. The van der Waals surface area contributed by atoms with Crippen molar-refractivity contribution in [3.8, 4) is 11.4 Å². The number of rotatable bonds is 4. The molecule has 0 amide bonds. The Hall–Kier alpha value is -1.59. The molecule has 0 spiro atoms. The summed E-state index contributed by atoms with van der Waals surface area (Å²) in [6, 6.07) is 17.9. The topological polar surface area (TPSA) is 38.9 Å². The first-order valence-corrected chi connectivity index (χ1v) is 7.86. The Labute approximate surface area is 129 Å². The molecule has 0 atom stereocenters. The summed E-state index contributed by atoms with van der Waals surface area (Å²) in [6.07, 6.45) is 0. The molecule has 1 heterocycles. The van der Waals surface area contributed by atoms with Crippen LogP contribution in [0.5, 0.6) is 0 Å². The molecular formula is C15H11BrN2OS. The minimum absolute atomic E-state index is 0.629. The molecule has 100 valence electrons. The van der Waals surface area contributed by atoms with E-state index in [1.165, 1.54) is 0 Å². The Kier molecular flexibility index (Phi) is 4.18. The van der Waals surface area contributed by atoms with Crippen molar-refractivity contribution in [2.45, 2.75) is 10.6 Å². The average molecular weight is 347 g/mol. The highest BCUT2D eigenvalue weighted by molar-refractivity contribution is 9.10. The quantitative estimate of drug-likeness (QED) is 0.636. The summed E-state index contributed by atoms with van der Waals surface area (Å²) < 4.78 is 6.36. The first-order valence-electron chi connectivity index (χ1n) is 6.08. The third-order valence-corrected chi connectivity index (χ3v) is 4.70. The standard InChI is InChI=1S/C15H11BrN2OS/c16-12-8-4-5-9-13(12)20-10-14-17-15(18-19-14)11-6-2-1-3-7-11/h1-9H,10H2. The van der Waals surface area contributed by atoms with Gasteiger partial charge in [-0.05, 0) is 28.1 Å². The fraction of sp³-hybridized carbons (Fsp3) is 0.0667. The molecule has 0 N–H and O–H groups in total. The van der Waals surface area contributed by atoms with Crippen LogP contribution in [0, 0.1) is 0 Å². The fourth-order valence-electron chi connectivity index (χ4n) is 1.72. The largest absolute Gasteiger partial charge is 0.338 e. The molecule has 2 aromatic carbocycles. The van der Waals surface area contributed by atoms with Crippen LogP contribution in [-0.2, 0) is 5.75 Å². The van der Waals surface area contributed by atoms with Gasteiger partial charge in [0.2, 0.25) is 11.7 Å². The molecule has 5 heteroatoms. The Morgan fingerprint density at radius 1 is 1.00 bits per heavy atom. The van der Waals surface area contributed by atoms with Gasteiger partial charge in [-0.25, -0.2) is 0 Å². The number of benzene rings is 2. The SMILES string of the molecule is Brc1ccccc1SCc1nc(-c2ccccc2)no1. The molecule has 0 saturated heterocycles. The summed E-state index contributed by atoms with van der Waals surface area (Å²) in [5.41, 5.74) is 0.966. The second-order valence-corrected chi connectivity index (χ2v) is 5.97. The maximum absolute atomic E-state index is 5.28. The van der Waals surface area contributed by atoms with Crippen LogP contribution >= 0.6 is 27.7 Å². The van der Waals surface area contributed by atoms with Crippen LogP contribution in [0.25, 0.3) is 11.4 Å². The lowest BCUT2D eigenvalue weighted by atomic mass is 10.2. The van der Waals surface area contributed by atoms with Gasteiger partial charge in [0.05, 0.1) is 5.75 Å². The third kappa shape index (κ3) is 3.11. The van der Waals surface area contributed by atoms with Gasteiger partial charge >= 0.3 is 0 Å². The van der Waals surface area contributed by atoms with Crippen LogP contribution in [-0.4, -0.2) is 10.1 Å². The molecule has 0 aliphatic carbocycles. The van der Waals surface area contributed by atoms with Crippen molar-refractivity contribution in [2.75, 3.05) is 0 Å². The van der Waals surface area contributed by atoms with Crippen LogP contribution in [0.15, 0.2) is 68.5 Å². The zero-order chi connectivity index (χ0) is 13.8. The Bertz CT molecular complexity index is 700. The van der Waals surface area contributed by atoms with Gasteiger partial charge in [-0.1, -0.05) is 47.6 Å². The number of thioether (sulfide) groups is 1. The Balaban J connectivity index is 1.71. The highest BCUT2D eigenvalue weighted by atomic mass is 79.9. The zero-order valence-electron chi connectivity index (χ0n) is 10.5. The molecule has 0 saturated carbocycles. The number of halogens is 1. The van der Waals surface area contributed by atoms with E-state index in [0.29, 0.717) is 17.5 Å². The maximum Gasteiger partial charge on any atom is 0.237 e. The second-order valence-electron chi connectivity index (χ2n) is 4.10. The smallest absolute Gasteiger partial charge is 0.237 e. The van der Waals surface area contributed by atoms with E-state index in [4.69, 9.17) is 4.52 Å². The van der Waals surface area contributed by atoms with E-state index in [-0.39, 0.29) is 0 Å². The fourth-order valence-corrected chi connectivity index (χ4v) is 3.12. The minimum atomic E-state index is 0.629. The molecule has 0 aliphatic rings. The van der Waals surface area contributed by atoms with Gasteiger partial charge in [0.15, 0.2) is 0 Å². The van der Waals surface area contributed by atoms with Crippen LogP contribution in [0.4, 0.5) is 0 Å². The molecule has 0 fully saturated rings. The lowest BCUT2D eigenvalue weighted by Gasteiger charge is -2.00. The monoisotopic (exact) mass is 346 g/mol.